The minimum absolute atomic E-state index is 0.0180. The van der Waals surface area contributed by atoms with Gasteiger partial charge in [-0.3, -0.25) is 0 Å². The molecule has 0 atom stereocenters. The van der Waals surface area contributed by atoms with Crippen LogP contribution >= 0.6 is 11.3 Å². The lowest BCUT2D eigenvalue weighted by Gasteiger charge is -2.32. The number of likely N-dealkylation sites (N-methyl/N-ethyl adjacent to an activating group) is 1. The lowest BCUT2D eigenvalue weighted by Crippen LogP contribution is -2.44. The summed E-state index contributed by atoms with van der Waals surface area (Å²) in [5.74, 6) is -0.391. The number of nitrogens with two attached hydrogens (primary N) is 1. The molecule has 102 valence electrons. The zero-order valence-electron chi connectivity index (χ0n) is 11.5. The summed E-state index contributed by atoms with van der Waals surface area (Å²) >= 11 is 1.32. The second-order valence-electron chi connectivity index (χ2n) is 4.95. The summed E-state index contributed by atoms with van der Waals surface area (Å²) in [4.78, 5) is 14.0. The fourth-order valence-electron chi connectivity index (χ4n) is 1.21. The second kappa shape index (κ2) is 5.58. The zero-order valence-corrected chi connectivity index (χ0v) is 12.4. The third-order valence-electron chi connectivity index (χ3n) is 3.04. The molecule has 1 aromatic heterocycles. The molecular formula is C12H21N3O2S. The van der Waals surface area contributed by atoms with Gasteiger partial charge in [0.2, 0.25) is 0 Å². The van der Waals surface area contributed by atoms with E-state index < -0.39 is 5.97 Å². The molecule has 0 fully saturated rings. The summed E-state index contributed by atoms with van der Waals surface area (Å²) in [6.07, 6.45) is 0. The Morgan fingerprint density at radius 3 is 2.67 bits per heavy atom. The molecule has 0 spiro atoms. The number of hydrogen-bond acceptors (Lipinski definition) is 6. The first-order valence-corrected chi connectivity index (χ1v) is 6.48. The van der Waals surface area contributed by atoms with Crippen LogP contribution in [0.4, 0.5) is 10.7 Å². The average Bonchev–Trinajstić information content (AvgIpc) is 2.67. The van der Waals surface area contributed by atoms with Gasteiger partial charge in [0.15, 0.2) is 0 Å². The molecule has 18 heavy (non-hydrogen) atoms. The summed E-state index contributed by atoms with van der Waals surface area (Å²) in [6, 6.07) is 1.77. The van der Waals surface area contributed by atoms with E-state index in [4.69, 9.17) is 5.73 Å². The highest BCUT2D eigenvalue weighted by Crippen LogP contribution is 2.30. The van der Waals surface area contributed by atoms with E-state index in [0.29, 0.717) is 10.6 Å². The predicted octanol–water partition coefficient (Wildman–Crippen LogP) is 1.87. The van der Waals surface area contributed by atoms with Crippen LogP contribution in [0.2, 0.25) is 0 Å². The minimum Gasteiger partial charge on any atom is -0.465 e. The largest absolute Gasteiger partial charge is 0.465 e. The average molecular weight is 271 g/mol. The normalized spacial score (nSPS) is 11.7. The molecule has 0 aliphatic carbocycles. The van der Waals surface area contributed by atoms with Crippen molar-refractivity contribution in [3.8, 4) is 0 Å². The quantitative estimate of drug-likeness (QED) is 0.800. The SMILES string of the molecule is COC(=O)c1sc(NCC(C)(C)N(C)C)cc1N. The summed E-state index contributed by atoms with van der Waals surface area (Å²) in [6.45, 7) is 5.04. The van der Waals surface area contributed by atoms with Crippen LogP contribution in [-0.4, -0.2) is 44.2 Å². The van der Waals surface area contributed by atoms with Crippen molar-refractivity contribution in [3.05, 3.63) is 10.9 Å². The number of carbonyl (C=O) groups is 1. The number of nitrogens with zero attached hydrogens (tertiary/aromatic N) is 1. The molecule has 1 heterocycles. The first-order valence-electron chi connectivity index (χ1n) is 5.67. The molecule has 3 N–H and O–H groups in total. The highest BCUT2D eigenvalue weighted by Gasteiger charge is 2.21. The van der Waals surface area contributed by atoms with Crippen molar-refractivity contribution < 1.29 is 9.53 Å². The molecule has 5 nitrogen and oxygen atoms in total. The number of anilines is 2. The summed E-state index contributed by atoms with van der Waals surface area (Å²) < 4.78 is 4.67. The predicted molar refractivity (Wildman–Crippen MR) is 76.3 cm³/mol. The summed E-state index contributed by atoms with van der Waals surface area (Å²) in [7, 11) is 5.42. The van der Waals surface area contributed by atoms with Crippen molar-refractivity contribution in [1.82, 2.24) is 4.90 Å². The van der Waals surface area contributed by atoms with Crippen molar-refractivity contribution in [1.29, 1.82) is 0 Å². The molecule has 0 aromatic carbocycles. The van der Waals surface area contributed by atoms with E-state index in [1.165, 1.54) is 18.4 Å². The van der Waals surface area contributed by atoms with E-state index in [-0.39, 0.29) is 5.54 Å². The molecule has 0 saturated heterocycles. The fraction of sp³-hybridized carbons (Fsp3) is 0.583. The Hall–Kier alpha value is -1.27. The van der Waals surface area contributed by atoms with E-state index in [0.717, 1.165) is 11.5 Å². The van der Waals surface area contributed by atoms with Gasteiger partial charge in [-0.15, -0.1) is 11.3 Å². The van der Waals surface area contributed by atoms with Crippen molar-refractivity contribution in [2.45, 2.75) is 19.4 Å². The van der Waals surface area contributed by atoms with Gasteiger partial charge in [0.1, 0.15) is 4.88 Å². The van der Waals surface area contributed by atoms with E-state index in [9.17, 15) is 4.79 Å². The monoisotopic (exact) mass is 271 g/mol. The molecule has 0 aliphatic rings. The van der Waals surface area contributed by atoms with Gasteiger partial charge in [-0.25, -0.2) is 4.79 Å². The van der Waals surface area contributed by atoms with Crippen LogP contribution in [0.1, 0.15) is 23.5 Å². The van der Waals surface area contributed by atoms with Gasteiger partial charge in [-0.1, -0.05) is 0 Å². The number of nitrogens with one attached hydrogen (secondary N) is 1. The maximum Gasteiger partial charge on any atom is 0.350 e. The number of esters is 1. The number of ether oxygens (including phenoxy) is 1. The molecule has 1 rings (SSSR count). The standard InChI is InChI=1S/C12H21N3O2S/c1-12(2,15(3)4)7-14-9-6-8(13)10(18-9)11(16)17-5/h6,14H,7,13H2,1-5H3. The minimum atomic E-state index is -0.391. The summed E-state index contributed by atoms with van der Waals surface area (Å²) in [5.41, 5.74) is 6.25. The van der Waals surface area contributed by atoms with Gasteiger partial charge in [0, 0.05) is 12.1 Å². The van der Waals surface area contributed by atoms with Gasteiger partial charge in [-0.05, 0) is 34.0 Å². The van der Waals surface area contributed by atoms with Crippen LogP contribution < -0.4 is 11.1 Å². The maximum absolute atomic E-state index is 11.4. The Bertz CT molecular complexity index is 427. The Morgan fingerprint density at radius 2 is 2.17 bits per heavy atom. The van der Waals surface area contributed by atoms with Crippen molar-refractivity contribution >= 4 is 28.0 Å². The Balaban J connectivity index is 2.73. The van der Waals surface area contributed by atoms with Gasteiger partial charge < -0.3 is 20.7 Å². The molecule has 0 amide bonds. The third-order valence-corrected chi connectivity index (χ3v) is 4.13. The van der Waals surface area contributed by atoms with E-state index in [2.05, 4.69) is 28.8 Å². The van der Waals surface area contributed by atoms with Crippen molar-refractivity contribution in [3.63, 3.8) is 0 Å². The highest BCUT2D eigenvalue weighted by atomic mass is 32.1. The van der Waals surface area contributed by atoms with Crippen LogP contribution in [0.3, 0.4) is 0 Å². The van der Waals surface area contributed by atoms with Crippen LogP contribution in [0.5, 0.6) is 0 Å². The Labute approximate surface area is 112 Å². The molecule has 6 heteroatoms. The van der Waals surface area contributed by atoms with Crippen LogP contribution in [-0.2, 0) is 4.74 Å². The molecule has 0 unspecified atom stereocenters. The molecule has 0 bridgehead atoms. The first kappa shape index (κ1) is 14.8. The third kappa shape index (κ3) is 3.36. The van der Waals surface area contributed by atoms with Crippen molar-refractivity contribution in [2.75, 3.05) is 38.8 Å². The Kier molecular flexibility index (Phi) is 4.59. The van der Waals surface area contributed by atoms with Gasteiger partial charge in [0.05, 0.1) is 17.8 Å². The van der Waals surface area contributed by atoms with E-state index >= 15 is 0 Å². The number of nitrogen functional groups attached to an aromatic ring is 1. The molecular weight excluding hydrogens is 250 g/mol. The molecule has 0 saturated carbocycles. The van der Waals surface area contributed by atoms with Crippen LogP contribution in [0, 0.1) is 0 Å². The van der Waals surface area contributed by atoms with Gasteiger partial charge in [0.25, 0.3) is 0 Å². The molecule has 0 radical (unpaired) electrons. The highest BCUT2D eigenvalue weighted by molar-refractivity contribution is 7.18. The fourth-order valence-corrected chi connectivity index (χ4v) is 2.10. The zero-order chi connectivity index (χ0) is 13.9. The smallest absolute Gasteiger partial charge is 0.350 e. The maximum atomic E-state index is 11.4. The number of methoxy groups -OCH3 is 1. The van der Waals surface area contributed by atoms with E-state index in [1.807, 2.05) is 14.1 Å². The van der Waals surface area contributed by atoms with Gasteiger partial charge >= 0.3 is 5.97 Å². The Morgan fingerprint density at radius 1 is 1.56 bits per heavy atom. The first-order chi connectivity index (χ1) is 8.27. The van der Waals surface area contributed by atoms with E-state index in [1.54, 1.807) is 6.07 Å². The summed E-state index contributed by atoms with van der Waals surface area (Å²) in [5, 5.41) is 4.17. The molecule has 1 aromatic rings. The second-order valence-corrected chi connectivity index (χ2v) is 6.00. The molecule has 0 aliphatic heterocycles. The lowest BCUT2D eigenvalue weighted by molar-refractivity contribution is 0.0607. The number of thiophene rings is 1. The lowest BCUT2D eigenvalue weighted by atomic mass is 10.0. The van der Waals surface area contributed by atoms with Crippen LogP contribution in [0.25, 0.3) is 0 Å². The topological polar surface area (TPSA) is 67.6 Å². The number of hydrogen-bond donors (Lipinski definition) is 2. The van der Waals surface area contributed by atoms with Gasteiger partial charge in [-0.2, -0.15) is 0 Å². The number of rotatable bonds is 5. The van der Waals surface area contributed by atoms with Crippen molar-refractivity contribution in [2.24, 2.45) is 0 Å². The number of carbonyl (C=O) groups excluding carboxylic acids is 1. The van der Waals surface area contributed by atoms with Crippen LogP contribution in [0.15, 0.2) is 6.07 Å².